The van der Waals surface area contributed by atoms with E-state index in [9.17, 15) is 9.59 Å². The highest BCUT2D eigenvalue weighted by Crippen LogP contribution is 2.39. The number of hydrogen-bond acceptors (Lipinski definition) is 5. The first kappa shape index (κ1) is 13.5. The van der Waals surface area contributed by atoms with Gasteiger partial charge in [-0.1, -0.05) is 0 Å². The predicted molar refractivity (Wildman–Crippen MR) is 58.6 cm³/mol. The van der Waals surface area contributed by atoms with Gasteiger partial charge in [-0.2, -0.15) is 5.26 Å². The van der Waals surface area contributed by atoms with E-state index in [2.05, 4.69) is 6.07 Å². The van der Waals surface area contributed by atoms with Crippen LogP contribution in [0.4, 0.5) is 0 Å². The number of esters is 2. The van der Waals surface area contributed by atoms with Gasteiger partial charge in [-0.3, -0.25) is 4.79 Å². The third-order valence-electron chi connectivity index (χ3n) is 3.49. The van der Waals surface area contributed by atoms with Gasteiger partial charge in [0.2, 0.25) is 6.10 Å². The molecule has 0 saturated carbocycles. The van der Waals surface area contributed by atoms with Crippen LogP contribution in [-0.2, 0) is 19.1 Å². The van der Waals surface area contributed by atoms with Crippen LogP contribution >= 0.6 is 0 Å². The molecule has 1 aliphatic heterocycles. The summed E-state index contributed by atoms with van der Waals surface area (Å²) in [6.07, 6.45) is -0.440. The minimum atomic E-state index is -0.982. The maximum Gasteiger partial charge on any atom is 0.347 e. The molecule has 1 atom stereocenters. The lowest BCUT2D eigenvalue weighted by Gasteiger charge is -2.33. The number of carbonyl (C=O) groups is 2. The van der Waals surface area contributed by atoms with Crippen LogP contribution in [0.3, 0.4) is 0 Å². The van der Waals surface area contributed by atoms with E-state index < -0.39 is 28.9 Å². The average Bonchev–Trinajstić information content (AvgIpc) is 2.64. The molecule has 5 heteroatoms. The molecule has 0 aromatic carbocycles. The van der Waals surface area contributed by atoms with Crippen molar-refractivity contribution in [2.45, 2.75) is 40.2 Å². The molecule has 0 aromatic heterocycles. The lowest BCUT2D eigenvalue weighted by molar-refractivity contribution is -0.170. The SMILES string of the molecule is CC(C)(C#N)C(C)(C)C(=O)OC1CCOC1=O. The van der Waals surface area contributed by atoms with E-state index in [1.165, 1.54) is 0 Å². The Bertz CT molecular complexity index is 378. The number of ether oxygens (including phenoxy) is 2. The van der Waals surface area contributed by atoms with Crippen molar-refractivity contribution in [2.24, 2.45) is 10.8 Å². The molecule has 94 valence electrons. The fourth-order valence-corrected chi connectivity index (χ4v) is 1.26. The first-order valence-electron chi connectivity index (χ1n) is 5.51. The Kier molecular flexibility index (Phi) is 3.46. The van der Waals surface area contributed by atoms with Crippen molar-refractivity contribution >= 4 is 11.9 Å². The molecule has 0 N–H and O–H groups in total. The Hall–Kier alpha value is -1.57. The van der Waals surface area contributed by atoms with Crippen molar-refractivity contribution in [1.29, 1.82) is 5.26 Å². The second-order valence-corrected chi connectivity index (χ2v) is 5.21. The normalized spacial score (nSPS) is 20.6. The van der Waals surface area contributed by atoms with Gasteiger partial charge in [0.05, 0.1) is 23.5 Å². The fraction of sp³-hybridized carbons (Fsp3) is 0.750. The number of cyclic esters (lactones) is 1. The quantitative estimate of drug-likeness (QED) is 0.696. The summed E-state index contributed by atoms with van der Waals surface area (Å²) in [5, 5.41) is 9.04. The topological polar surface area (TPSA) is 76.4 Å². The van der Waals surface area contributed by atoms with Crippen molar-refractivity contribution in [3.8, 4) is 6.07 Å². The molecular weight excluding hydrogens is 222 g/mol. The monoisotopic (exact) mass is 239 g/mol. The Morgan fingerprint density at radius 1 is 1.47 bits per heavy atom. The van der Waals surface area contributed by atoms with Crippen LogP contribution in [-0.4, -0.2) is 24.6 Å². The van der Waals surface area contributed by atoms with Crippen LogP contribution in [0.5, 0.6) is 0 Å². The summed E-state index contributed by atoms with van der Waals surface area (Å²) in [7, 11) is 0. The summed E-state index contributed by atoms with van der Waals surface area (Å²) in [6.45, 7) is 6.89. The molecular formula is C12H17NO4. The van der Waals surface area contributed by atoms with Gasteiger partial charge < -0.3 is 9.47 Å². The third kappa shape index (κ3) is 2.41. The fourth-order valence-electron chi connectivity index (χ4n) is 1.26. The summed E-state index contributed by atoms with van der Waals surface area (Å²) in [6, 6.07) is 2.08. The summed E-state index contributed by atoms with van der Waals surface area (Å²) in [4.78, 5) is 23.2. The molecule has 0 spiro atoms. The number of nitriles is 1. The second-order valence-electron chi connectivity index (χ2n) is 5.21. The molecule has 1 heterocycles. The van der Waals surface area contributed by atoms with Gasteiger partial charge >= 0.3 is 11.9 Å². The zero-order valence-corrected chi connectivity index (χ0v) is 10.6. The number of rotatable bonds is 3. The van der Waals surface area contributed by atoms with Gasteiger partial charge in [0.1, 0.15) is 0 Å². The van der Waals surface area contributed by atoms with Gasteiger partial charge in [0, 0.05) is 6.42 Å². The Balaban J connectivity index is 2.77. The predicted octanol–water partition coefficient (Wildman–Crippen LogP) is 1.42. The molecule has 0 radical (unpaired) electrons. The van der Waals surface area contributed by atoms with E-state index in [1.54, 1.807) is 27.7 Å². The lowest BCUT2D eigenvalue weighted by atomic mass is 9.69. The maximum absolute atomic E-state index is 12.0. The van der Waals surface area contributed by atoms with Gasteiger partial charge in [-0.05, 0) is 27.7 Å². The molecule has 0 amide bonds. The highest BCUT2D eigenvalue weighted by atomic mass is 16.6. The number of hydrogen-bond donors (Lipinski definition) is 0. The molecule has 0 aliphatic carbocycles. The molecule has 1 saturated heterocycles. The van der Waals surface area contributed by atoms with Crippen molar-refractivity contribution in [3.05, 3.63) is 0 Å². The van der Waals surface area contributed by atoms with Crippen LogP contribution in [0, 0.1) is 22.2 Å². The van der Waals surface area contributed by atoms with E-state index in [0.29, 0.717) is 6.42 Å². The van der Waals surface area contributed by atoms with E-state index in [0.717, 1.165) is 0 Å². The van der Waals surface area contributed by atoms with Crippen molar-refractivity contribution in [1.82, 2.24) is 0 Å². The third-order valence-corrected chi connectivity index (χ3v) is 3.49. The highest BCUT2D eigenvalue weighted by Gasteiger charge is 2.46. The van der Waals surface area contributed by atoms with E-state index in [-0.39, 0.29) is 6.61 Å². The second kappa shape index (κ2) is 4.36. The minimum Gasteiger partial charge on any atom is -0.463 e. The minimum absolute atomic E-state index is 0.277. The van der Waals surface area contributed by atoms with Crippen LogP contribution in [0.1, 0.15) is 34.1 Å². The van der Waals surface area contributed by atoms with Gasteiger partial charge in [-0.25, -0.2) is 4.79 Å². The van der Waals surface area contributed by atoms with Gasteiger partial charge in [-0.15, -0.1) is 0 Å². The summed E-state index contributed by atoms with van der Waals surface area (Å²) in [5.74, 6) is -1.06. The van der Waals surface area contributed by atoms with Gasteiger partial charge in [0.25, 0.3) is 0 Å². The molecule has 1 fully saturated rings. The Labute approximate surface area is 101 Å². The van der Waals surface area contributed by atoms with Crippen molar-refractivity contribution in [3.63, 3.8) is 0 Å². The molecule has 0 aromatic rings. The summed E-state index contributed by atoms with van der Waals surface area (Å²) < 4.78 is 9.82. The first-order valence-corrected chi connectivity index (χ1v) is 5.51. The van der Waals surface area contributed by atoms with Crippen LogP contribution in [0.2, 0.25) is 0 Å². The lowest BCUT2D eigenvalue weighted by Crippen LogP contribution is -2.42. The van der Waals surface area contributed by atoms with Crippen LogP contribution in [0.15, 0.2) is 0 Å². The Morgan fingerprint density at radius 3 is 2.47 bits per heavy atom. The smallest absolute Gasteiger partial charge is 0.347 e. The van der Waals surface area contributed by atoms with Crippen LogP contribution in [0.25, 0.3) is 0 Å². The summed E-state index contributed by atoms with van der Waals surface area (Å²) >= 11 is 0. The highest BCUT2D eigenvalue weighted by molar-refractivity contribution is 5.83. The number of nitrogens with zero attached hydrogens (tertiary/aromatic N) is 1. The largest absolute Gasteiger partial charge is 0.463 e. The maximum atomic E-state index is 12.0. The molecule has 0 bridgehead atoms. The molecule has 1 rings (SSSR count). The van der Waals surface area contributed by atoms with Crippen molar-refractivity contribution in [2.75, 3.05) is 6.61 Å². The van der Waals surface area contributed by atoms with Crippen LogP contribution < -0.4 is 0 Å². The first-order chi connectivity index (χ1) is 7.72. The molecule has 1 unspecified atom stereocenters. The van der Waals surface area contributed by atoms with E-state index in [4.69, 9.17) is 14.7 Å². The van der Waals surface area contributed by atoms with Gasteiger partial charge in [0.15, 0.2) is 0 Å². The molecule has 5 nitrogen and oxygen atoms in total. The molecule has 1 aliphatic rings. The summed E-state index contributed by atoms with van der Waals surface area (Å²) in [5.41, 5.74) is -1.85. The van der Waals surface area contributed by atoms with E-state index >= 15 is 0 Å². The molecule has 17 heavy (non-hydrogen) atoms. The number of carbonyl (C=O) groups excluding carboxylic acids is 2. The van der Waals surface area contributed by atoms with Crippen molar-refractivity contribution < 1.29 is 19.1 Å². The average molecular weight is 239 g/mol. The zero-order chi connectivity index (χ0) is 13.3. The zero-order valence-electron chi connectivity index (χ0n) is 10.6. The standard InChI is InChI=1S/C12H17NO4/c1-11(2,7-13)12(3,4)10(15)17-8-5-6-16-9(8)14/h8H,5-6H2,1-4H3. The van der Waals surface area contributed by atoms with E-state index in [1.807, 2.05) is 0 Å². The Morgan fingerprint density at radius 2 is 2.06 bits per heavy atom.